The fraction of sp³-hybridized carbons (Fsp3) is 0.368. The van der Waals surface area contributed by atoms with Gasteiger partial charge in [-0.05, 0) is 57.9 Å². The van der Waals surface area contributed by atoms with Crippen molar-refractivity contribution in [1.82, 2.24) is 4.57 Å². The van der Waals surface area contributed by atoms with Gasteiger partial charge in [0.1, 0.15) is 0 Å². The zero-order valence-electron chi connectivity index (χ0n) is 15.9. The average molecular weight is 405 g/mol. The average Bonchev–Trinajstić information content (AvgIpc) is 3.39. The van der Waals surface area contributed by atoms with E-state index in [-0.39, 0.29) is 10.6 Å². The number of nitrogens with one attached hydrogen (secondary N) is 1. The maximum absolute atomic E-state index is 12.5. The lowest BCUT2D eigenvalue weighted by atomic mass is 10.2. The molecule has 1 aliphatic carbocycles. The molecule has 0 radical (unpaired) electrons. The van der Waals surface area contributed by atoms with Gasteiger partial charge in [0.15, 0.2) is 6.10 Å². The highest BCUT2D eigenvalue weighted by Crippen LogP contribution is 2.38. The molecular weight excluding hydrogens is 382 g/mol. The molecule has 0 aliphatic heterocycles. The normalized spacial score (nSPS) is 15.1. The first-order chi connectivity index (χ1) is 13.1. The van der Waals surface area contributed by atoms with Gasteiger partial charge in [-0.15, -0.1) is 0 Å². The number of aromatic nitrogens is 1. The van der Waals surface area contributed by atoms with Gasteiger partial charge in [0.2, 0.25) is 10.0 Å². The molecule has 0 unspecified atom stereocenters. The number of carbonyl (C=O) groups is 2. The summed E-state index contributed by atoms with van der Waals surface area (Å²) in [5, 5.41) is 7.62. The van der Waals surface area contributed by atoms with E-state index >= 15 is 0 Å². The van der Waals surface area contributed by atoms with Crippen molar-refractivity contribution in [1.29, 1.82) is 0 Å². The van der Waals surface area contributed by atoms with Gasteiger partial charge in [-0.1, -0.05) is 6.07 Å². The summed E-state index contributed by atoms with van der Waals surface area (Å²) < 4.78 is 30.3. The van der Waals surface area contributed by atoms with Crippen LogP contribution in [0.15, 0.2) is 35.2 Å². The summed E-state index contributed by atoms with van der Waals surface area (Å²) in [4.78, 5) is 24.7. The number of rotatable bonds is 6. The highest BCUT2D eigenvalue weighted by molar-refractivity contribution is 7.89. The third kappa shape index (κ3) is 4.26. The molecule has 1 aromatic carbocycles. The highest BCUT2D eigenvalue weighted by Gasteiger charge is 2.29. The molecule has 3 rings (SSSR count). The number of hydrogen-bond donors (Lipinski definition) is 2. The van der Waals surface area contributed by atoms with E-state index in [2.05, 4.69) is 9.88 Å². The predicted molar refractivity (Wildman–Crippen MR) is 103 cm³/mol. The standard InChI is InChI=1S/C19H23N3O5S/c1-11-9-17(12(2)22(11)15-7-8-15)19(24)27-13(3)18(23)21-14-5-4-6-16(10-14)28(20,25)26/h4-6,9-10,13,15H,7-8H2,1-3H3,(H,21,23)(H2,20,25,26)/t13-/m1/s1. The molecule has 1 aliphatic rings. The monoisotopic (exact) mass is 405 g/mol. The number of esters is 1. The Bertz CT molecular complexity index is 1040. The number of primary sulfonamides is 1. The second-order valence-corrected chi connectivity index (χ2v) is 8.56. The van der Waals surface area contributed by atoms with Crippen LogP contribution in [0.3, 0.4) is 0 Å². The number of hydrogen-bond acceptors (Lipinski definition) is 5. The first-order valence-electron chi connectivity index (χ1n) is 8.91. The van der Waals surface area contributed by atoms with Crippen LogP contribution in [0.4, 0.5) is 5.69 Å². The molecule has 9 heteroatoms. The van der Waals surface area contributed by atoms with Gasteiger partial charge in [0, 0.05) is 23.1 Å². The van der Waals surface area contributed by atoms with Crippen LogP contribution in [0.25, 0.3) is 0 Å². The molecule has 2 aromatic rings. The third-order valence-corrected chi connectivity index (χ3v) is 5.61. The number of amides is 1. The number of ether oxygens (including phenoxy) is 1. The van der Waals surface area contributed by atoms with Crippen molar-refractivity contribution < 1.29 is 22.7 Å². The predicted octanol–water partition coefficient (Wildman–Crippen LogP) is 2.27. The Morgan fingerprint density at radius 2 is 1.93 bits per heavy atom. The Morgan fingerprint density at radius 1 is 1.25 bits per heavy atom. The summed E-state index contributed by atoms with van der Waals surface area (Å²) in [6.07, 6.45) is 1.14. The lowest BCUT2D eigenvalue weighted by molar-refractivity contribution is -0.123. The Kier molecular flexibility index (Phi) is 5.31. The van der Waals surface area contributed by atoms with Crippen molar-refractivity contribution in [2.45, 2.75) is 50.7 Å². The molecular formula is C19H23N3O5S. The third-order valence-electron chi connectivity index (χ3n) is 4.70. The molecule has 8 nitrogen and oxygen atoms in total. The number of carbonyl (C=O) groups excluding carboxylic acids is 2. The molecule has 0 spiro atoms. The van der Waals surface area contributed by atoms with E-state index in [4.69, 9.17) is 9.88 Å². The van der Waals surface area contributed by atoms with Crippen LogP contribution in [0.2, 0.25) is 0 Å². The van der Waals surface area contributed by atoms with Crippen molar-refractivity contribution in [3.05, 3.63) is 47.3 Å². The van der Waals surface area contributed by atoms with Crippen molar-refractivity contribution in [2.75, 3.05) is 5.32 Å². The van der Waals surface area contributed by atoms with Crippen LogP contribution >= 0.6 is 0 Å². The zero-order chi connectivity index (χ0) is 20.6. The Hall–Kier alpha value is -2.65. The largest absolute Gasteiger partial charge is 0.449 e. The summed E-state index contributed by atoms with van der Waals surface area (Å²) in [5.74, 6) is -1.14. The fourth-order valence-corrected chi connectivity index (χ4v) is 3.71. The second kappa shape index (κ2) is 7.40. The SMILES string of the molecule is Cc1cc(C(=O)O[C@H](C)C(=O)Nc2cccc(S(N)(=O)=O)c2)c(C)n1C1CC1. The van der Waals surface area contributed by atoms with Crippen molar-refractivity contribution in [2.24, 2.45) is 5.14 Å². The molecule has 150 valence electrons. The lowest BCUT2D eigenvalue weighted by Crippen LogP contribution is -2.30. The lowest BCUT2D eigenvalue weighted by Gasteiger charge is -2.14. The minimum atomic E-state index is -3.88. The number of anilines is 1. The molecule has 0 saturated heterocycles. The Labute approximate surface area is 163 Å². The van der Waals surface area contributed by atoms with Gasteiger partial charge in [0.05, 0.1) is 10.5 Å². The molecule has 3 N–H and O–H groups in total. The van der Waals surface area contributed by atoms with E-state index < -0.39 is 28.0 Å². The molecule has 0 bridgehead atoms. The first-order valence-corrected chi connectivity index (χ1v) is 10.5. The minimum absolute atomic E-state index is 0.123. The number of sulfonamides is 1. The summed E-state index contributed by atoms with van der Waals surface area (Å²) in [6, 6.07) is 7.75. The second-order valence-electron chi connectivity index (χ2n) is 7.00. The highest BCUT2D eigenvalue weighted by atomic mass is 32.2. The molecule has 1 fully saturated rings. The van der Waals surface area contributed by atoms with Crippen molar-refractivity contribution in [3.8, 4) is 0 Å². The van der Waals surface area contributed by atoms with E-state index in [1.54, 1.807) is 6.07 Å². The summed E-state index contributed by atoms with van der Waals surface area (Å²) in [5.41, 5.74) is 2.51. The van der Waals surface area contributed by atoms with Gasteiger partial charge in [-0.3, -0.25) is 4.79 Å². The van der Waals surface area contributed by atoms with E-state index in [0.717, 1.165) is 24.2 Å². The molecule has 1 heterocycles. The van der Waals surface area contributed by atoms with Crippen molar-refractivity contribution >= 4 is 27.6 Å². The van der Waals surface area contributed by atoms with Crippen LogP contribution in [0.5, 0.6) is 0 Å². The molecule has 1 atom stereocenters. The van der Waals surface area contributed by atoms with Crippen LogP contribution in [0, 0.1) is 13.8 Å². The van der Waals surface area contributed by atoms with E-state index in [1.807, 2.05) is 13.8 Å². The summed E-state index contributed by atoms with van der Waals surface area (Å²) >= 11 is 0. The van der Waals surface area contributed by atoms with E-state index in [9.17, 15) is 18.0 Å². The maximum atomic E-state index is 12.5. The zero-order valence-corrected chi connectivity index (χ0v) is 16.7. The van der Waals surface area contributed by atoms with Gasteiger partial charge < -0.3 is 14.6 Å². The van der Waals surface area contributed by atoms with Gasteiger partial charge in [0.25, 0.3) is 5.91 Å². The number of aryl methyl sites for hydroxylation is 1. The van der Waals surface area contributed by atoms with Crippen molar-refractivity contribution in [3.63, 3.8) is 0 Å². The van der Waals surface area contributed by atoms with Gasteiger partial charge >= 0.3 is 5.97 Å². The van der Waals surface area contributed by atoms with E-state index in [0.29, 0.717) is 11.6 Å². The Morgan fingerprint density at radius 3 is 2.54 bits per heavy atom. The number of nitrogens with two attached hydrogens (primary N) is 1. The quantitative estimate of drug-likeness (QED) is 0.714. The minimum Gasteiger partial charge on any atom is -0.449 e. The van der Waals surface area contributed by atoms with Crippen LogP contribution < -0.4 is 10.5 Å². The first kappa shape index (κ1) is 20.1. The van der Waals surface area contributed by atoms with Gasteiger partial charge in [-0.2, -0.15) is 0 Å². The Balaban J connectivity index is 1.68. The van der Waals surface area contributed by atoms with Crippen LogP contribution in [-0.4, -0.2) is 31.0 Å². The number of benzene rings is 1. The number of nitrogens with zero attached hydrogens (tertiary/aromatic N) is 1. The fourth-order valence-electron chi connectivity index (χ4n) is 3.15. The smallest absolute Gasteiger partial charge is 0.340 e. The van der Waals surface area contributed by atoms with Crippen LogP contribution in [-0.2, 0) is 19.6 Å². The molecule has 28 heavy (non-hydrogen) atoms. The van der Waals surface area contributed by atoms with Gasteiger partial charge in [-0.25, -0.2) is 18.4 Å². The summed E-state index contributed by atoms with van der Waals surface area (Å²) in [7, 11) is -3.88. The van der Waals surface area contributed by atoms with E-state index in [1.165, 1.54) is 31.2 Å². The maximum Gasteiger partial charge on any atom is 0.340 e. The topological polar surface area (TPSA) is 120 Å². The molecule has 1 saturated carbocycles. The summed E-state index contributed by atoms with van der Waals surface area (Å²) in [6.45, 7) is 5.26. The molecule has 1 aromatic heterocycles. The van der Waals surface area contributed by atoms with Crippen LogP contribution in [0.1, 0.15) is 47.6 Å². The molecule has 1 amide bonds.